The zero-order valence-corrected chi connectivity index (χ0v) is 12.5. The van der Waals surface area contributed by atoms with Crippen molar-refractivity contribution in [3.05, 3.63) is 48.5 Å². The predicted octanol–water partition coefficient (Wildman–Crippen LogP) is 3.91. The van der Waals surface area contributed by atoms with E-state index in [4.69, 9.17) is 4.74 Å². The Labute approximate surface area is 110 Å². The number of methoxy groups -OCH3 is 1. The van der Waals surface area contributed by atoms with Crippen molar-refractivity contribution in [1.82, 2.24) is 0 Å². The van der Waals surface area contributed by atoms with Crippen LogP contribution in [0.25, 0.3) is 11.1 Å². The van der Waals surface area contributed by atoms with Crippen LogP contribution < -0.4 is 9.92 Å². The van der Waals surface area contributed by atoms with E-state index >= 15 is 0 Å². The summed E-state index contributed by atoms with van der Waals surface area (Å²) in [5.74, 6) is 1.04. The molecule has 2 heteroatoms. The minimum absolute atomic E-state index is 1.04. The van der Waals surface area contributed by atoms with E-state index in [0.29, 0.717) is 0 Å². The molecule has 0 aliphatic heterocycles. The van der Waals surface area contributed by atoms with Crippen LogP contribution >= 0.6 is 0 Å². The van der Waals surface area contributed by atoms with Crippen LogP contribution in [0.2, 0.25) is 19.6 Å². The van der Waals surface area contributed by atoms with Crippen molar-refractivity contribution in [2.45, 2.75) is 19.6 Å². The van der Waals surface area contributed by atoms with Gasteiger partial charge in [-0.2, -0.15) is 0 Å². The van der Waals surface area contributed by atoms with Gasteiger partial charge in [0.2, 0.25) is 0 Å². The number of para-hydroxylation sites is 1. The van der Waals surface area contributed by atoms with Gasteiger partial charge in [0.1, 0.15) is 5.75 Å². The molecule has 94 valence electrons. The van der Waals surface area contributed by atoms with Crippen LogP contribution in [0, 0.1) is 0 Å². The Kier molecular flexibility index (Phi) is 3.57. The van der Waals surface area contributed by atoms with E-state index in [2.05, 4.69) is 62.1 Å². The highest BCUT2D eigenvalue weighted by Crippen LogP contribution is 2.29. The second-order valence-electron chi connectivity index (χ2n) is 5.50. The van der Waals surface area contributed by atoms with Gasteiger partial charge in [0.05, 0.1) is 15.2 Å². The van der Waals surface area contributed by atoms with Gasteiger partial charge in [-0.05, 0) is 10.8 Å². The largest absolute Gasteiger partial charge is 0.496 e. The summed E-state index contributed by atoms with van der Waals surface area (Å²) in [4.78, 5) is 0. The third-order valence-electron chi connectivity index (χ3n) is 3.11. The first-order chi connectivity index (χ1) is 8.54. The fourth-order valence-electron chi connectivity index (χ4n) is 2.19. The summed E-state index contributed by atoms with van der Waals surface area (Å²) in [6, 6.07) is 16.9. The maximum Gasteiger partial charge on any atom is 0.125 e. The molecule has 0 atom stereocenters. The summed E-state index contributed by atoms with van der Waals surface area (Å²) in [7, 11) is 0.381. The monoisotopic (exact) mass is 256 g/mol. The lowest BCUT2D eigenvalue weighted by atomic mass is 10.0. The average molecular weight is 256 g/mol. The van der Waals surface area contributed by atoms with Crippen LogP contribution in [0.15, 0.2) is 48.5 Å². The maximum atomic E-state index is 5.69. The zero-order valence-electron chi connectivity index (χ0n) is 11.5. The van der Waals surface area contributed by atoms with Crippen molar-refractivity contribution in [2.75, 3.05) is 7.11 Å². The number of ether oxygens (including phenoxy) is 1. The Morgan fingerprint density at radius 3 is 2.06 bits per heavy atom. The van der Waals surface area contributed by atoms with E-state index in [9.17, 15) is 0 Å². The van der Waals surface area contributed by atoms with Crippen LogP contribution in [-0.2, 0) is 0 Å². The minimum Gasteiger partial charge on any atom is -0.496 e. The Morgan fingerprint density at radius 2 is 1.50 bits per heavy atom. The van der Waals surface area contributed by atoms with Crippen molar-refractivity contribution >= 4 is 13.3 Å². The molecule has 0 amide bonds. The van der Waals surface area contributed by atoms with Gasteiger partial charge in [0, 0.05) is 5.56 Å². The second kappa shape index (κ2) is 4.98. The first-order valence-electron chi connectivity index (χ1n) is 6.27. The molecule has 0 heterocycles. The van der Waals surface area contributed by atoms with Crippen molar-refractivity contribution in [2.24, 2.45) is 0 Å². The van der Waals surface area contributed by atoms with Crippen molar-refractivity contribution in [3.8, 4) is 16.9 Å². The number of hydrogen-bond donors (Lipinski definition) is 0. The molecular formula is C16H20OSi. The van der Waals surface area contributed by atoms with Crippen molar-refractivity contribution in [3.63, 3.8) is 0 Å². The molecule has 2 aromatic carbocycles. The van der Waals surface area contributed by atoms with Crippen LogP contribution in [0.1, 0.15) is 0 Å². The van der Waals surface area contributed by atoms with Crippen LogP contribution in [0.5, 0.6) is 5.75 Å². The fraction of sp³-hybridized carbons (Fsp3) is 0.250. The SMILES string of the molecule is COc1c(-c2ccccc2)cccc1[Si](C)(C)C. The topological polar surface area (TPSA) is 9.23 Å². The Morgan fingerprint density at radius 1 is 0.833 bits per heavy atom. The molecular weight excluding hydrogens is 236 g/mol. The molecule has 0 N–H and O–H groups in total. The summed E-state index contributed by atoms with van der Waals surface area (Å²) in [6.07, 6.45) is 0. The van der Waals surface area contributed by atoms with E-state index in [1.54, 1.807) is 7.11 Å². The Bertz CT molecular complexity index is 527. The van der Waals surface area contributed by atoms with Gasteiger partial charge in [0.25, 0.3) is 0 Å². The first-order valence-corrected chi connectivity index (χ1v) is 9.77. The molecule has 0 fully saturated rings. The molecule has 2 rings (SSSR count). The molecule has 0 aliphatic rings. The second-order valence-corrected chi connectivity index (χ2v) is 10.5. The molecule has 0 radical (unpaired) electrons. The predicted molar refractivity (Wildman–Crippen MR) is 81.4 cm³/mol. The molecule has 0 aliphatic carbocycles. The molecule has 2 aromatic rings. The van der Waals surface area contributed by atoms with E-state index in [-0.39, 0.29) is 0 Å². The van der Waals surface area contributed by atoms with Gasteiger partial charge in [-0.25, -0.2) is 0 Å². The zero-order chi connectivity index (χ0) is 13.2. The highest BCUT2D eigenvalue weighted by Gasteiger charge is 2.22. The molecule has 1 nitrogen and oxygen atoms in total. The quantitative estimate of drug-likeness (QED) is 0.757. The summed E-state index contributed by atoms with van der Waals surface area (Å²) >= 11 is 0. The van der Waals surface area contributed by atoms with Gasteiger partial charge >= 0.3 is 0 Å². The van der Waals surface area contributed by atoms with Gasteiger partial charge in [-0.1, -0.05) is 68.2 Å². The van der Waals surface area contributed by atoms with Gasteiger partial charge < -0.3 is 4.74 Å². The molecule has 0 saturated carbocycles. The Balaban J connectivity index is 2.63. The fourth-order valence-corrected chi connectivity index (χ4v) is 3.71. The molecule has 18 heavy (non-hydrogen) atoms. The molecule has 0 aromatic heterocycles. The molecule has 0 saturated heterocycles. The van der Waals surface area contributed by atoms with E-state index in [1.807, 2.05) is 6.07 Å². The maximum absolute atomic E-state index is 5.69. The first kappa shape index (κ1) is 12.9. The van der Waals surface area contributed by atoms with E-state index < -0.39 is 8.07 Å². The van der Waals surface area contributed by atoms with Crippen molar-refractivity contribution in [1.29, 1.82) is 0 Å². The van der Waals surface area contributed by atoms with Crippen LogP contribution in [0.4, 0.5) is 0 Å². The van der Waals surface area contributed by atoms with Crippen LogP contribution in [-0.4, -0.2) is 15.2 Å². The lowest BCUT2D eigenvalue weighted by molar-refractivity contribution is 0.419. The third kappa shape index (κ3) is 2.49. The summed E-state index contributed by atoms with van der Waals surface area (Å²) in [6.45, 7) is 7.04. The third-order valence-corrected chi connectivity index (χ3v) is 5.12. The number of benzene rings is 2. The van der Waals surface area contributed by atoms with Crippen LogP contribution in [0.3, 0.4) is 0 Å². The highest BCUT2D eigenvalue weighted by atomic mass is 28.3. The standard InChI is InChI=1S/C16H20OSi/c1-17-16-14(13-9-6-5-7-10-13)11-8-12-15(16)18(2,3)4/h5-12H,1-4H3. The smallest absolute Gasteiger partial charge is 0.125 e. The summed E-state index contributed by atoms with van der Waals surface area (Å²) in [5, 5.41) is 1.38. The molecule has 0 bridgehead atoms. The van der Waals surface area contributed by atoms with Gasteiger partial charge in [0.15, 0.2) is 0 Å². The van der Waals surface area contributed by atoms with Gasteiger partial charge in [-0.3, -0.25) is 0 Å². The lowest BCUT2D eigenvalue weighted by Gasteiger charge is -2.22. The normalized spacial score (nSPS) is 11.3. The van der Waals surface area contributed by atoms with Gasteiger partial charge in [-0.15, -0.1) is 0 Å². The summed E-state index contributed by atoms with van der Waals surface area (Å²) in [5.41, 5.74) is 2.41. The van der Waals surface area contributed by atoms with Crippen molar-refractivity contribution < 1.29 is 4.74 Å². The Hall–Kier alpha value is -1.54. The summed E-state index contributed by atoms with van der Waals surface area (Å²) < 4.78 is 5.69. The number of hydrogen-bond acceptors (Lipinski definition) is 1. The van der Waals surface area contributed by atoms with E-state index in [0.717, 1.165) is 5.75 Å². The minimum atomic E-state index is -1.39. The lowest BCUT2D eigenvalue weighted by Crippen LogP contribution is -2.38. The molecule has 0 unspecified atom stereocenters. The highest BCUT2D eigenvalue weighted by molar-refractivity contribution is 6.89. The average Bonchev–Trinajstić information content (AvgIpc) is 2.37. The number of rotatable bonds is 3. The molecule has 0 spiro atoms. The van der Waals surface area contributed by atoms with E-state index in [1.165, 1.54) is 16.3 Å².